The number of ether oxygens (including phenoxy) is 1. The lowest BCUT2D eigenvalue weighted by atomic mass is 9.45. The first-order valence-corrected chi connectivity index (χ1v) is 17.5. The number of fused-ring (bicyclic) bond motifs is 3. The lowest BCUT2D eigenvalue weighted by Gasteiger charge is -2.61. The van der Waals surface area contributed by atoms with Crippen LogP contribution in [0.15, 0.2) is 70.7 Å². The minimum absolute atomic E-state index is 0.0259. The van der Waals surface area contributed by atoms with Crippen molar-refractivity contribution in [2.45, 2.75) is 64.8 Å². The van der Waals surface area contributed by atoms with Crippen molar-refractivity contribution in [3.05, 3.63) is 82.7 Å². The maximum Gasteiger partial charge on any atom is 0.405 e. The molecule has 270 valence electrons. The van der Waals surface area contributed by atoms with Gasteiger partial charge in [0.2, 0.25) is 0 Å². The largest absolute Gasteiger partial charge is 0.497 e. The molecule has 13 heteroatoms. The highest BCUT2D eigenvalue weighted by Gasteiger charge is 2.56. The van der Waals surface area contributed by atoms with E-state index in [1.54, 1.807) is 59.8 Å². The van der Waals surface area contributed by atoms with Crippen molar-refractivity contribution in [1.29, 1.82) is 0 Å². The number of anilines is 1. The molecule has 4 aliphatic rings. The molecular formula is C38H43F4N7O2. The predicted molar refractivity (Wildman–Crippen MR) is 189 cm³/mol. The van der Waals surface area contributed by atoms with E-state index in [2.05, 4.69) is 36.4 Å². The summed E-state index contributed by atoms with van der Waals surface area (Å²) < 4.78 is 63.1. The maximum atomic E-state index is 14.8. The molecule has 3 saturated carbocycles. The van der Waals surface area contributed by atoms with Crippen molar-refractivity contribution < 1.29 is 22.3 Å². The quantitative estimate of drug-likeness (QED) is 0.128. The van der Waals surface area contributed by atoms with Gasteiger partial charge in [0.05, 0.1) is 24.1 Å². The lowest BCUT2D eigenvalue weighted by Crippen LogP contribution is -2.60. The molecule has 3 heterocycles. The Labute approximate surface area is 294 Å². The van der Waals surface area contributed by atoms with Gasteiger partial charge >= 0.3 is 6.18 Å². The summed E-state index contributed by atoms with van der Waals surface area (Å²) in [7, 11) is 1.47. The molecule has 4 aromatic rings. The maximum absolute atomic E-state index is 14.8. The van der Waals surface area contributed by atoms with Gasteiger partial charge in [-0.25, -0.2) is 14.4 Å². The number of benzene rings is 2. The number of alkyl halides is 3. The second kappa shape index (κ2) is 13.6. The molecule has 9 nitrogen and oxygen atoms in total. The molecule has 51 heavy (non-hydrogen) atoms. The number of rotatable bonds is 7. The zero-order chi connectivity index (χ0) is 36.1. The Morgan fingerprint density at radius 2 is 1.98 bits per heavy atom. The molecule has 0 radical (unpaired) electrons. The topological polar surface area (TPSA) is 96.7 Å². The molecular weight excluding hydrogens is 662 g/mol. The number of nitrogens with zero attached hydrogens (tertiary/aromatic N) is 5. The molecule has 8 rings (SSSR count). The first-order valence-electron chi connectivity index (χ1n) is 17.5. The summed E-state index contributed by atoms with van der Waals surface area (Å²) >= 11 is 0. The van der Waals surface area contributed by atoms with Crippen LogP contribution >= 0.6 is 0 Å². The number of pyridine rings is 1. The molecule has 2 aromatic carbocycles. The van der Waals surface area contributed by atoms with E-state index in [1.165, 1.54) is 17.7 Å². The van der Waals surface area contributed by atoms with Gasteiger partial charge in [0.15, 0.2) is 5.96 Å². The number of aliphatic imine (C=N–C) groups is 1. The number of hydrogen-bond donors (Lipinski definition) is 2. The van der Waals surface area contributed by atoms with Gasteiger partial charge in [-0.1, -0.05) is 26.8 Å². The second-order valence-corrected chi connectivity index (χ2v) is 14.7. The molecule has 1 aliphatic heterocycles. The fourth-order valence-corrected chi connectivity index (χ4v) is 8.25. The van der Waals surface area contributed by atoms with Crippen LogP contribution in [0.2, 0.25) is 0 Å². The van der Waals surface area contributed by atoms with Crippen LogP contribution in [0.1, 0.15) is 39.2 Å². The van der Waals surface area contributed by atoms with Gasteiger partial charge in [0, 0.05) is 55.9 Å². The Balaban J connectivity index is 1.24. The number of aromatic nitrogens is 3. The molecule has 4 fully saturated rings. The van der Waals surface area contributed by atoms with Crippen LogP contribution in [-0.2, 0) is 13.0 Å². The van der Waals surface area contributed by atoms with E-state index in [0.717, 1.165) is 12.8 Å². The second-order valence-electron chi connectivity index (χ2n) is 14.7. The van der Waals surface area contributed by atoms with Gasteiger partial charge in [-0.05, 0) is 84.4 Å². The molecule has 0 spiro atoms. The van der Waals surface area contributed by atoms with E-state index < -0.39 is 18.0 Å². The molecule has 1 saturated heterocycles. The van der Waals surface area contributed by atoms with E-state index >= 15 is 0 Å². The number of methoxy groups -OCH3 is 1. The fourth-order valence-electron chi connectivity index (χ4n) is 8.25. The smallest absolute Gasteiger partial charge is 0.405 e. The minimum Gasteiger partial charge on any atom is -0.497 e. The summed E-state index contributed by atoms with van der Waals surface area (Å²) in [5.74, 6) is 2.06. The first-order chi connectivity index (χ1) is 24.3. The van der Waals surface area contributed by atoms with Crippen LogP contribution in [0.3, 0.4) is 0 Å². The third kappa shape index (κ3) is 6.80. The summed E-state index contributed by atoms with van der Waals surface area (Å²) in [6.07, 6.45) is 1.12. The van der Waals surface area contributed by atoms with Gasteiger partial charge in [-0.2, -0.15) is 13.2 Å². The van der Waals surface area contributed by atoms with Crippen LogP contribution in [-0.4, -0.2) is 70.4 Å². The molecule has 2 bridgehead atoms. The standard InChI is InChI=1S/C38H43F4N7O2/c1-22-29-16-25(37(29,2)3)17-31(22)47-36(48-15-13-44-33(21-48)38(40,41)42)45-26-8-10-28-32(18-26)46-34(24-6-5-12-43-20-24)49(35(28)50)14-11-23-7-9-27(51-4)19-30(23)39/h5-10,12,18-20,22,25,29,31,33,44H,11,13-17,21H2,1-4H3,(H,45,47)/t22-,25+,29-,31?,33+/m0/s1. The third-order valence-corrected chi connectivity index (χ3v) is 11.5. The van der Waals surface area contributed by atoms with E-state index in [9.17, 15) is 22.4 Å². The summed E-state index contributed by atoms with van der Waals surface area (Å²) in [6.45, 7) is 7.22. The summed E-state index contributed by atoms with van der Waals surface area (Å²) in [6, 6.07) is 11.6. The average Bonchev–Trinajstić information content (AvgIpc) is 3.11. The van der Waals surface area contributed by atoms with Gasteiger partial charge in [0.1, 0.15) is 23.4 Å². The Morgan fingerprint density at radius 3 is 2.67 bits per heavy atom. The normalized spacial score (nSPS) is 24.7. The molecule has 3 aliphatic carbocycles. The van der Waals surface area contributed by atoms with Crippen LogP contribution in [0, 0.1) is 29.0 Å². The van der Waals surface area contributed by atoms with E-state index in [4.69, 9.17) is 14.7 Å². The molecule has 1 unspecified atom stereocenters. The van der Waals surface area contributed by atoms with Crippen molar-refractivity contribution in [1.82, 2.24) is 24.8 Å². The average molecular weight is 706 g/mol. The van der Waals surface area contributed by atoms with Crippen LogP contribution in [0.4, 0.5) is 23.2 Å². The van der Waals surface area contributed by atoms with E-state index in [-0.39, 0.29) is 49.0 Å². The van der Waals surface area contributed by atoms with E-state index in [1.807, 2.05) is 0 Å². The fraction of sp³-hybridized carbons (Fsp3) is 0.474. The number of piperazine rings is 1. The monoisotopic (exact) mass is 705 g/mol. The zero-order valence-corrected chi connectivity index (χ0v) is 29.2. The van der Waals surface area contributed by atoms with E-state index in [0.29, 0.717) is 63.6 Å². The van der Waals surface area contributed by atoms with Crippen LogP contribution < -0.4 is 20.9 Å². The predicted octanol–water partition coefficient (Wildman–Crippen LogP) is 6.52. The summed E-state index contributed by atoms with van der Waals surface area (Å²) in [5, 5.41) is 6.31. The van der Waals surface area contributed by atoms with Gasteiger partial charge < -0.3 is 20.3 Å². The van der Waals surface area contributed by atoms with Crippen molar-refractivity contribution in [3.63, 3.8) is 0 Å². The first kappa shape index (κ1) is 34.9. The number of hydrogen-bond acceptors (Lipinski definition) is 6. The highest BCUT2D eigenvalue weighted by atomic mass is 19.4. The van der Waals surface area contributed by atoms with Crippen LogP contribution in [0.5, 0.6) is 5.75 Å². The Morgan fingerprint density at radius 1 is 1.16 bits per heavy atom. The summed E-state index contributed by atoms with van der Waals surface area (Å²) in [4.78, 5) is 30.0. The third-order valence-electron chi connectivity index (χ3n) is 11.5. The molecule has 2 aromatic heterocycles. The van der Waals surface area contributed by atoms with Crippen molar-refractivity contribution in [3.8, 4) is 17.1 Å². The van der Waals surface area contributed by atoms with Gasteiger partial charge in [0.25, 0.3) is 5.56 Å². The molecule has 5 atom stereocenters. The number of aryl methyl sites for hydroxylation is 1. The Bertz CT molecular complexity index is 2000. The number of halogens is 4. The van der Waals surface area contributed by atoms with Crippen molar-refractivity contribution in [2.75, 3.05) is 32.1 Å². The number of nitrogens with one attached hydrogen (secondary N) is 2. The van der Waals surface area contributed by atoms with Crippen molar-refractivity contribution in [2.24, 2.45) is 28.2 Å². The van der Waals surface area contributed by atoms with Gasteiger partial charge in [-0.15, -0.1) is 0 Å². The highest BCUT2D eigenvalue weighted by Crippen LogP contribution is 2.61. The van der Waals surface area contributed by atoms with Crippen LogP contribution in [0.25, 0.3) is 22.3 Å². The lowest BCUT2D eigenvalue weighted by molar-refractivity contribution is -0.161. The van der Waals surface area contributed by atoms with Crippen molar-refractivity contribution >= 4 is 22.5 Å². The van der Waals surface area contributed by atoms with Gasteiger partial charge in [-0.3, -0.25) is 14.3 Å². The minimum atomic E-state index is -4.40. The molecule has 2 N–H and O–H groups in total. The zero-order valence-electron chi connectivity index (χ0n) is 29.2. The Hall–Kier alpha value is -4.52. The highest BCUT2D eigenvalue weighted by molar-refractivity contribution is 5.96. The summed E-state index contributed by atoms with van der Waals surface area (Å²) in [5.41, 5.74) is 1.93. The Kier molecular flexibility index (Phi) is 9.28. The number of guanidine groups is 1. The molecule has 0 amide bonds. The SMILES string of the molecule is COc1ccc(CCn2c(-c3cccnc3)nc3cc(NC(=NC4C[C@H]5C[C@@H]([C@@H]4C)C5(C)C)N4CCN[C@@H](C(F)(F)F)C4)ccc3c2=O)c(F)c1.